The molecule has 1 saturated heterocycles. The van der Waals surface area contributed by atoms with E-state index < -0.39 is 0 Å². The maximum atomic E-state index is 12.3. The van der Waals surface area contributed by atoms with Gasteiger partial charge in [0.25, 0.3) is 11.1 Å². The summed E-state index contributed by atoms with van der Waals surface area (Å²) in [5, 5.41) is -0.254. The van der Waals surface area contributed by atoms with Crippen LogP contribution in [0.2, 0.25) is 0 Å². The van der Waals surface area contributed by atoms with Crippen LogP contribution >= 0.6 is 11.8 Å². The van der Waals surface area contributed by atoms with E-state index >= 15 is 0 Å². The Kier molecular flexibility index (Phi) is 4.21. The topological polar surface area (TPSA) is 42.3 Å². The first-order chi connectivity index (χ1) is 11.1. The highest BCUT2D eigenvalue weighted by Crippen LogP contribution is 2.32. The van der Waals surface area contributed by atoms with Crippen molar-refractivity contribution in [3.63, 3.8) is 0 Å². The molecule has 0 atom stereocenters. The van der Waals surface area contributed by atoms with Gasteiger partial charge in [-0.3, -0.25) is 14.5 Å². The number of carbonyl (C=O) groups is 2. The fraction of sp³-hybridized carbons (Fsp3) is 0.111. The fourth-order valence-corrected chi connectivity index (χ4v) is 3.32. The summed E-state index contributed by atoms with van der Waals surface area (Å²) in [5.41, 5.74) is 3.05. The molecule has 1 fully saturated rings. The molecule has 0 spiro atoms. The third-order valence-electron chi connectivity index (χ3n) is 3.62. The highest BCUT2D eigenvalue weighted by Gasteiger charge is 2.34. The Hall–Kier alpha value is -2.53. The van der Waals surface area contributed by atoms with Crippen molar-refractivity contribution in [1.82, 2.24) is 9.47 Å². The molecule has 0 N–H and O–H groups in total. The number of imide groups is 1. The number of thioether (sulfide) groups is 1. The summed E-state index contributed by atoms with van der Waals surface area (Å²) in [6.45, 7) is 5.85. The summed E-state index contributed by atoms with van der Waals surface area (Å²) >= 11 is 0.966. The van der Waals surface area contributed by atoms with Crippen molar-refractivity contribution in [1.29, 1.82) is 0 Å². The van der Waals surface area contributed by atoms with Crippen LogP contribution in [-0.2, 0) is 4.79 Å². The van der Waals surface area contributed by atoms with Crippen molar-refractivity contribution >= 4 is 29.0 Å². The van der Waals surface area contributed by atoms with Crippen LogP contribution in [-0.4, -0.2) is 27.2 Å². The number of aryl methyl sites for hydroxylation is 1. The molecule has 0 aliphatic carbocycles. The number of hydrogen-bond acceptors (Lipinski definition) is 3. The standard InChI is InChI=1S/C18H16N2O2S/c1-3-10-20-17(21)16(23-18(20)22)12-14-8-6-11-19(14)15-9-5-4-7-13(15)2/h3-9,11-12H,1,10H2,2H3. The molecule has 0 saturated carbocycles. The van der Waals surface area contributed by atoms with E-state index in [0.717, 1.165) is 28.7 Å². The van der Waals surface area contributed by atoms with Gasteiger partial charge in [-0.05, 0) is 48.5 Å². The van der Waals surface area contributed by atoms with Gasteiger partial charge >= 0.3 is 0 Å². The predicted molar refractivity (Wildman–Crippen MR) is 93.4 cm³/mol. The molecule has 0 bridgehead atoms. The molecule has 5 heteroatoms. The Labute approximate surface area is 139 Å². The zero-order valence-electron chi connectivity index (χ0n) is 12.7. The van der Waals surface area contributed by atoms with Crippen LogP contribution in [0.25, 0.3) is 11.8 Å². The minimum absolute atomic E-state index is 0.237. The number of carbonyl (C=O) groups excluding carboxylic acids is 2. The summed E-state index contributed by atoms with van der Waals surface area (Å²) in [4.78, 5) is 25.8. The fourth-order valence-electron chi connectivity index (χ4n) is 2.49. The summed E-state index contributed by atoms with van der Waals surface area (Å²) < 4.78 is 2.01. The number of aromatic nitrogens is 1. The van der Waals surface area contributed by atoms with Gasteiger partial charge in [-0.15, -0.1) is 6.58 Å². The van der Waals surface area contributed by atoms with E-state index in [-0.39, 0.29) is 17.7 Å². The van der Waals surface area contributed by atoms with Crippen molar-refractivity contribution in [3.8, 4) is 5.69 Å². The van der Waals surface area contributed by atoms with Crippen LogP contribution in [0.4, 0.5) is 4.79 Å². The summed E-state index contributed by atoms with van der Waals surface area (Å²) in [6.07, 6.45) is 5.26. The normalized spacial score (nSPS) is 16.4. The molecule has 2 heterocycles. The van der Waals surface area contributed by atoms with Gasteiger partial charge in [0.15, 0.2) is 0 Å². The highest BCUT2D eigenvalue weighted by molar-refractivity contribution is 8.18. The quantitative estimate of drug-likeness (QED) is 0.630. The minimum Gasteiger partial charge on any atom is -0.317 e. The smallest absolute Gasteiger partial charge is 0.293 e. The van der Waals surface area contributed by atoms with Crippen LogP contribution in [0.15, 0.2) is 60.2 Å². The molecule has 2 aromatic rings. The Morgan fingerprint density at radius 1 is 1.17 bits per heavy atom. The van der Waals surface area contributed by atoms with Gasteiger partial charge in [0.05, 0.1) is 4.91 Å². The molecule has 1 aromatic heterocycles. The third-order valence-corrected chi connectivity index (χ3v) is 4.53. The van der Waals surface area contributed by atoms with Crippen LogP contribution in [0, 0.1) is 6.92 Å². The number of nitrogens with zero attached hydrogens (tertiary/aromatic N) is 2. The van der Waals surface area contributed by atoms with E-state index in [1.807, 2.05) is 54.1 Å². The predicted octanol–water partition coefficient (Wildman–Crippen LogP) is 4.01. The van der Waals surface area contributed by atoms with E-state index in [0.29, 0.717) is 4.91 Å². The lowest BCUT2D eigenvalue weighted by molar-refractivity contribution is -0.122. The van der Waals surface area contributed by atoms with Crippen molar-refractivity contribution in [2.45, 2.75) is 6.92 Å². The molecule has 0 unspecified atom stereocenters. The van der Waals surface area contributed by atoms with Crippen LogP contribution in [0.3, 0.4) is 0 Å². The first kappa shape index (κ1) is 15.4. The maximum absolute atomic E-state index is 12.3. The third kappa shape index (κ3) is 2.87. The van der Waals surface area contributed by atoms with E-state index in [2.05, 4.69) is 6.58 Å². The second-order valence-electron chi connectivity index (χ2n) is 5.17. The first-order valence-electron chi connectivity index (χ1n) is 7.21. The lowest BCUT2D eigenvalue weighted by Crippen LogP contribution is -2.27. The monoisotopic (exact) mass is 324 g/mol. The molecule has 116 valence electrons. The van der Waals surface area contributed by atoms with Crippen molar-refractivity contribution in [2.75, 3.05) is 6.54 Å². The molecule has 1 aliphatic rings. The van der Waals surface area contributed by atoms with Gasteiger partial charge in [0, 0.05) is 24.1 Å². The average Bonchev–Trinajstić information content (AvgIpc) is 3.09. The molecule has 23 heavy (non-hydrogen) atoms. The molecule has 1 aliphatic heterocycles. The summed E-state index contributed by atoms with van der Waals surface area (Å²) in [7, 11) is 0. The van der Waals surface area contributed by atoms with Gasteiger partial charge in [-0.2, -0.15) is 0 Å². The molecule has 2 amide bonds. The first-order valence-corrected chi connectivity index (χ1v) is 8.03. The van der Waals surface area contributed by atoms with E-state index in [1.54, 1.807) is 12.2 Å². The minimum atomic E-state index is -0.266. The molecular formula is C18H16N2O2S. The number of hydrogen-bond donors (Lipinski definition) is 0. The lowest BCUT2D eigenvalue weighted by Gasteiger charge is -2.10. The van der Waals surface area contributed by atoms with Crippen molar-refractivity contribution < 1.29 is 9.59 Å². The Morgan fingerprint density at radius 3 is 2.70 bits per heavy atom. The maximum Gasteiger partial charge on any atom is 0.293 e. The SMILES string of the molecule is C=CCN1C(=O)SC(=Cc2cccn2-c2ccccc2C)C1=O. The zero-order chi connectivity index (χ0) is 16.4. The molecule has 1 aromatic carbocycles. The second kappa shape index (κ2) is 6.30. The average molecular weight is 324 g/mol. The van der Waals surface area contributed by atoms with Gasteiger partial charge in [0.1, 0.15) is 0 Å². The number of para-hydroxylation sites is 1. The van der Waals surface area contributed by atoms with Gasteiger partial charge < -0.3 is 4.57 Å². The number of benzene rings is 1. The van der Waals surface area contributed by atoms with Gasteiger partial charge in [0.2, 0.25) is 0 Å². The molecule has 3 rings (SSSR count). The molecule has 0 radical (unpaired) electrons. The van der Waals surface area contributed by atoms with Crippen LogP contribution in [0.1, 0.15) is 11.3 Å². The summed E-state index contributed by atoms with van der Waals surface area (Å²) in [6, 6.07) is 11.9. The Bertz CT molecular complexity index is 820. The second-order valence-corrected chi connectivity index (χ2v) is 6.16. The summed E-state index contributed by atoms with van der Waals surface area (Å²) in [5.74, 6) is -0.266. The number of amides is 2. The zero-order valence-corrected chi connectivity index (χ0v) is 13.5. The van der Waals surface area contributed by atoms with E-state index in [4.69, 9.17) is 0 Å². The van der Waals surface area contributed by atoms with E-state index in [1.165, 1.54) is 4.90 Å². The van der Waals surface area contributed by atoms with Crippen molar-refractivity contribution in [2.24, 2.45) is 0 Å². The Balaban J connectivity index is 1.98. The van der Waals surface area contributed by atoms with Gasteiger partial charge in [-0.1, -0.05) is 24.3 Å². The van der Waals surface area contributed by atoms with Crippen molar-refractivity contribution in [3.05, 3.63) is 71.4 Å². The highest BCUT2D eigenvalue weighted by atomic mass is 32.2. The lowest BCUT2D eigenvalue weighted by atomic mass is 10.2. The van der Waals surface area contributed by atoms with Gasteiger partial charge in [-0.25, -0.2) is 0 Å². The van der Waals surface area contributed by atoms with E-state index in [9.17, 15) is 9.59 Å². The van der Waals surface area contributed by atoms with Crippen LogP contribution in [0.5, 0.6) is 0 Å². The number of rotatable bonds is 4. The molecule has 4 nitrogen and oxygen atoms in total. The largest absolute Gasteiger partial charge is 0.317 e. The Morgan fingerprint density at radius 2 is 1.96 bits per heavy atom. The molecular weight excluding hydrogens is 308 g/mol. The van der Waals surface area contributed by atoms with Crippen LogP contribution < -0.4 is 0 Å².